The van der Waals surface area contributed by atoms with Gasteiger partial charge in [0, 0.05) is 24.2 Å². The minimum Gasteiger partial charge on any atom is -0.387 e. The highest BCUT2D eigenvalue weighted by Gasteiger charge is 2.69. The first-order valence-corrected chi connectivity index (χ1v) is 6.84. The van der Waals surface area contributed by atoms with E-state index in [0.29, 0.717) is 26.1 Å². The van der Waals surface area contributed by atoms with Crippen LogP contribution in [-0.2, 0) is 9.47 Å². The number of hydrogen-bond donors (Lipinski definition) is 2. The van der Waals surface area contributed by atoms with Crippen LogP contribution in [0.15, 0.2) is 11.6 Å². The molecule has 1 spiro atoms. The van der Waals surface area contributed by atoms with Gasteiger partial charge >= 0.3 is 0 Å². The quantitative estimate of drug-likeness (QED) is 0.631. The Balaban J connectivity index is 1.81. The van der Waals surface area contributed by atoms with E-state index >= 15 is 0 Å². The van der Waals surface area contributed by atoms with Crippen molar-refractivity contribution in [3.05, 3.63) is 11.6 Å². The van der Waals surface area contributed by atoms with Gasteiger partial charge in [-0.05, 0) is 19.8 Å². The van der Waals surface area contributed by atoms with Gasteiger partial charge in [0.05, 0.1) is 24.9 Å². The van der Waals surface area contributed by atoms with Crippen LogP contribution in [0.2, 0.25) is 0 Å². The van der Waals surface area contributed by atoms with Crippen molar-refractivity contribution in [2.45, 2.75) is 50.1 Å². The van der Waals surface area contributed by atoms with Gasteiger partial charge in [0.2, 0.25) is 0 Å². The monoisotopic (exact) mass is 252 g/mol. The van der Waals surface area contributed by atoms with Gasteiger partial charge in [-0.2, -0.15) is 0 Å². The second-order valence-electron chi connectivity index (χ2n) is 6.75. The van der Waals surface area contributed by atoms with Crippen LogP contribution in [0.3, 0.4) is 0 Å². The van der Waals surface area contributed by atoms with E-state index in [2.05, 4.69) is 13.0 Å². The summed E-state index contributed by atoms with van der Waals surface area (Å²) in [6.45, 7) is 2.95. The van der Waals surface area contributed by atoms with Gasteiger partial charge in [-0.3, -0.25) is 0 Å². The number of aliphatic hydroxyl groups is 2. The first-order valence-electron chi connectivity index (χ1n) is 6.84. The first kappa shape index (κ1) is 11.4. The van der Waals surface area contributed by atoms with E-state index in [0.717, 1.165) is 12.8 Å². The molecule has 18 heavy (non-hydrogen) atoms. The Morgan fingerprint density at radius 3 is 3.00 bits per heavy atom. The van der Waals surface area contributed by atoms with Gasteiger partial charge in [0.1, 0.15) is 0 Å². The fraction of sp³-hybridized carbons (Fsp3) is 0.857. The van der Waals surface area contributed by atoms with E-state index in [-0.39, 0.29) is 17.4 Å². The zero-order valence-corrected chi connectivity index (χ0v) is 10.7. The molecule has 4 heteroatoms. The highest BCUT2D eigenvalue weighted by molar-refractivity contribution is 5.23. The summed E-state index contributed by atoms with van der Waals surface area (Å²) in [7, 11) is 0. The van der Waals surface area contributed by atoms with Crippen LogP contribution in [0.25, 0.3) is 0 Å². The van der Waals surface area contributed by atoms with Crippen LogP contribution in [0, 0.1) is 11.3 Å². The topological polar surface area (TPSA) is 58.9 Å². The average Bonchev–Trinajstić information content (AvgIpc) is 2.58. The third-order valence-electron chi connectivity index (χ3n) is 5.56. The second-order valence-corrected chi connectivity index (χ2v) is 6.75. The molecule has 0 amide bonds. The third kappa shape index (κ3) is 1.24. The van der Waals surface area contributed by atoms with Crippen LogP contribution >= 0.6 is 0 Å². The molecule has 0 aromatic heterocycles. The molecule has 2 bridgehead atoms. The molecule has 5 atom stereocenters. The van der Waals surface area contributed by atoms with Crippen molar-refractivity contribution in [1.29, 1.82) is 0 Å². The number of allylic oxidation sites excluding steroid dienone is 1. The Morgan fingerprint density at radius 2 is 2.17 bits per heavy atom. The summed E-state index contributed by atoms with van der Waals surface area (Å²) in [6.07, 6.45) is 5.10. The molecule has 2 N–H and O–H groups in total. The minimum atomic E-state index is -1.13. The van der Waals surface area contributed by atoms with E-state index < -0.39 is 11.4 Å². The molecule has 4 nitrogen and oxygen atoms in total. The second kappa shape index (κ2) is 3.18. The maximum Gasteiger partial charge on any atom is 0.168 e. The Bertz CT molecular complexity index is 434. The van der Waals surface area contributed by atoms with E-state index in [1.807, 2.05) is 0 Å². The van der Waals surface area contributed by atoms with Crippen molar-refractivity contribution >= 4 is 0 Å². The summed E-state index contributed by atoms with van der Waals surface area (Å²) in [4.78, 5) is 0. The van der Waals surface area contributed by atoms with Gasteiger partial charge in [0.15, 0.2) is 5.79 Å². The lowest BCUT2D eigenvalue weighted by molar-refractivity contribution is -0.269. The zero-order valence-electron chi connectivity index (χ0n) is 10.7. The van der Waals surface area contributed by atoms with Gasteiger partial charge < -0.3 is 19.7 Å². The van der Waals surface area contributed by atoms with Gasteiger partial charge in [-0.15, -0.1) is 0 Å². The SMILES string of the molecule is CC1=C[C@@H]2OC[C@]3(O)C[C@]4(O)CC3[C@]2(CC1)CO4. The molecule has 3 fully saturated rings. The maximum atomic E-state index is 10.8. The number of ether oxygens (including phenoxy) is 2. The van der Waals surface area contributed by atoms with Crippen molar-refractivity contribution in [1.82, 2.24) is 0 Å². The summed E-state index contributed by atoms with van der Waals surface area (Å²) < 4.78 is 11.6. The lowest BCUT2D eigenvalue weighted by atomic mass is 9.59. The van der Waals surface area contributed by atoms with Gasteiger partial charge in [-0.1, -0.05) is 11.6 Å². The van der Waals surface area contributed by atoms with E-state index in [9.17, 15) is 10.2 Å². The largest absolute Gasteiger partial charge is 0.387 e. The van der Waals surface area contributed by atoms with Gasteiger partial charge in [-0.25, -0.2) is 0 Å². The molecule has 2 heterocycles. The molecule has 0 radical (unpaired) electrons. The fourth-order valence-electron chi connectivity index (χ4n) is 4.61. The van der Waals surface area contributed by atoms with E-state index in [4.69, 9.17) is 9.47 Å². The Kier molecular flexibility index (Phi) is 2.02. The van der Waals surface area contributed by atoms with E-state index in [1.54, 1.807) is 0 Å². The molecule has 2 aliphatic carbocycles. The molecule has 100 valence electrons. The summed E-state index contributed by atoms with van der Waals surface area (Å²) in [6, 6.07) is 0. The van der Waals surface area contributed by atoms with Crippen molar-refractivity contribution in [2.75, 3.05) is 13.2 Å². The fourth-order valence-corrected chi connectivity index (χ4v) is 4.61. The Morgan fingerprint density at radius 1 is 1.33 bits per heavy atom. The number of rotatable bonds is 0. The molecule has 0 aromatic carbocycles. The Labute approximate surface area is 107 Å². The zero-order chi connectivity index (χ0) is 12.6. The normalized spacial score (nSPS) is 58.1. The van der Waals surface area contributed by atoms with Crippen LogP contribution in [0.4, 0.5) is 0 Å². The van der Waals surface area contributed by atoms with E-state index in [1.165, 1.54) is 5.57 Å². The van der Waals surface area contributed by atoms with Crippen LogP contribution < -0.4 is 0 Å². The molecule has 4 rings (SSSR count). The minimum absolute atomic E-state index is 0.0409. The average molecular weight is 252 g/mol. The number of fused-ring (bicyclic) bond motifs is 1. The number of hydrogen-bond acceptors (Lipinski definition) is 4. The van der Waals surface area contributed by atoms with Crippen LogP contribution in [-0.4, -0.2) is 40.9 Å². The van der Waals surface area contributed by atoms with Crippen molar-refractivity contribution in [3.63, 3.8) is 0 Å². The molecule has 4 aliphatic rings. The predicted molar refractivity (Wildman–Crippen MR) is 63.7 cm³/mol. The van der Waals surface area contributed by atoms with Crippen LogP contribution in [0.1, 0.15) is 32.6 Å². The van der Waals surface area contributed by atoms with Crippen molar-refractivity contribution in [3.8, 4) is 0 Å². The lowest BCUT2D eigenvalue weighted by Crippen LogP contribution is -2.61. The molecular weight excluding hydrogens is 232 g/mol. The lowest BCUT2D eigenvalue weighted by Gasteiger charge is -2.55. The molecule has 2 aliphatic heterocycles. The summed E-state index contributed by atoms with van der Waals surface area (Å²) in [5.41, 5.74) is 0.325. The highest BCUT2D eigenvalue weighted by Crippen LogP contribution is 2.62. The summed E-state index contributed by atoms with van der Waals surface area (Å²) >= 11 is 0. The van der Waals surface area contributed by atoms with Crippen molar-refractivity contribution < 1.29 is 19.7 Å². The third-order valence-corrected chi connectivity index (χ3v) is 5.56. The molecule has 0 aromatic rings. The molecular formula is C14H20O4. The smallest absolute Gasteiger partial charge is 0.168 e. The molecule has 1 saturated carbocycles. The maximum absolute atomic E-state index is 10.8. The summed E-state index contributed by atoms with van der Waals surface area (Å²) in [5.74, 6) is -1.02. The molecule has 2 saturated heterocycles. The highest BCUT2D eigenvalue weighted by atomic mass is 16.6. The predicted octanol–water partition coefficient (Wildman–Crippen LogP) is 0.972. The first-order chi connectivity index (χ1) is 8.46. The van der Waals surface area contributed by atoms with Crippen molar-refractivity contribution in [2.24, 2.45) is 11.3 Å². The molecule has 1 unspecified atom stereocenters. The van der Waals surface area contributed by atoms with Gasteiger partial charge in [0.25, 0.3) is 0 Å². The standard InChI is InChI=1S/C14H20O4/c1-9-2-3-12-7-18-14(16)5-10(12)13(15,6-14)8-17-11(12)4-9/h4,10-11,15-16H,2-3,5-8H2,1H3/t10?,11-,12-,13+,14-/m0/s1. The Hall–Kier alpha value is -0.420. The summed E-state index contributed by atoms with van der Waals surface area (Å²) in [5, 5.41) is 21.1. The van der Waals surface area contributed by atoms with Crippen LogP contribution in [0.5, 0.6) is 0 Å².